The Bertz CT molecular complexity index is 1260. The molecule has 10 heteroatoms. The van der Waals surface area contributed by atoms with E-state index in [0.717, 1.165) is 5.56 Å². The standard InChI is InChI=1S/C22H15Cl2F2N3O2S/c23-18-8-16(26)2-1-14(18)9-29-10-19(24)21(28-29)27-22(30)20-7-13(12-32-20)11-31-17-5-3-15(25)4-6-17/h1-8,10,12H,9,11H2,(H,27,28,30). The van der Waals surface area contributed by atoms with Gasteiger partial charge in [0.2, 0.25) is 0 Å². The number of ether oxygens (including phenoxy) is 1. The minimum Gasteiger partial charge on any atom is -0.489 e. The van der Waals surface area contributed by atoms with E-state index in [4.69, 9.17) is 27.9 Å². The maximum atomic E-state index is 13.2. The van der Waals surface area contributed by atoms with Crippen molar-refractivity contribution in [2.45, 2.75) is 13.2 Å². The quantitative estimate of drug-likeness (QED) is 0.323. The van der Waals surface area contributed by atoms with Crippen LogP contribution in [-0.2, 0) is 13.2 Å². The molecule has 5 nitrogen and oxygen atoms in total. The van der Waals surface area contributed by atoms with E-state index in [-0.39, 0.29) is 40.7 Å². The zero-order valence-electron chi connectivity index (χ0n) is 16.3. The third-order valence-corrected chi connectivity index (χ3v) is 6.00. The van der Waals surface area contributed by atoms with E-state index in [1.807, 2.05) is 0 Å². The number of anilines is 1. The van der Waals surface area contributed by atoms with Gasteiger partial charge in [0, 0.05) is 16.8 Å². The number of rotatable bonds is 7. The van der Waals surface area contributed by atoms with Crippen molar-refractivity contribution in [2.24, 2.45) is 0 Å². The number of nitrogens with zero attached hydrogens (tertiary/aromatic N) is 2. The fourth-order valence-corrected chi connectivity index (χ4v) is 4.04. The summed E-state index contributed by atoms with van der Waals surface area (Å²) in [7, 11) is 0. The van der Waals surface area contributed by atoms with Gasteiger partial charge >= 0.3 is 0 Å². The molecule has 0 aliphatic carbocycles. The summed E-state index contributed by atoms with van der Waals surface area (Å²) in [5.74, 6) is -0.401. The summed E-state index contributed by atoms with van der Waals surface area (Å²) in [6.45, 7) is 0.502. The van der Waals surface area contributed by atoms with Gasteiger partial charge in [0.15, 0.2) is 5.82 Å². The first-order valence-electron chi connectivity index (χ1n) is 9.31. The minimum absolute atomic E-state index is 0.201. The van der Waals surface area contributed by atoms with Crippen molar-refractivity contribution in [1.29, 1.82) is 0 Å². The Morgan fingerprint density at radius 3 is 2.56 bits per heavy atom. The largest absolute Gasteiger partial charge is 0.489 e. The summed E-state index contributed by atoms with van der Waals surface area (Å²) in [5, 5.41) is 9.29. The van der Waals surface area contributed by atoms with E-state index in [1.165, 1.54) is 52.4 Å². The Balaban J connectivity index is 1.38. The van der Waals surface area contributed by atoms with Crippen LogP contribution in [0.15, 0.2) is 60.1 Å². The first-order chi connectivity index (χ1) is 15.4. The smallest absolute Gasteiger partial charge is 0.266 e. The third kappa shape index (κ3) is 5.45. The van der Waals surface area contributed by atoms with Crippen LogP contribution in [0.1, 0.15) is 20.8 Å². The predicted octanol–water partition coefficient (Wildman–Crippen LogP) is 6.41. The lowest BCUT2D eigenvalue weighted by molar-refractivity contribution is 0.103. The average molecular weight is 494 g/mol. The van der Waals surface area contributed by atoms with Crippen molar-refractivity contribution < 1.29 is 18.3 Å². The van der Waals surface area contributed by atoms with Crippen LogP contribution in [0.5, 0.6) is 5.75 Å². The van der Waals surface area contributed by atoms with Crippen molar-refractivity contribution in [3.63, 3.8) is 0 Å². The number of benzene rings is 2. The third-order valence-electron chi connectivity index (χ3n) is 4.39. The summed E-state index contributed by atoms with van der Waals surface area (Å²) >= 11 is 13.5. The number of amides is 1. The number of carbonyl (C=O) groups is 1. The molecule has 0 unspecified atom stereocenters. The molecule has 0 saturated heterocycles. The first kappa shape index (κ1) is 22.3. The van der Waals surface area contributed by atoms with Crippen LogP contribution in [0.2, 0.25) is 10.0 Å². The zero-order valence-corrected chi connectivity index (χ0v) is 18.6. The van der Waals surface area contributed by atoms with Gasteiger partial charge in [0.1, 0.15) is 29.0 Å². The molecule has 0 aliphatic heterocycles. The van der Waals surface area contributed by atoms with Crippen molar-refractivity contribution >= 4 is 46.3 Å². The molecule has 4 rings (SSSR count). The molecule has 2 aromatic carbocycles. The van der Waals surface area contributed by atoms with Crippen LogP contribution in [-0.4, -0.2) is 15.7 Å². The van der Waals surface area contributed by atoms with Gasteiger partial charge in [0.25, 0.3) is 5.91 Å². The van der Waals surface area contributed by atoms with Gasteiger partial charge in [-0.25, -0.2) is 8.78 Å². The molecule has 0 atom stereocenters. The van der Waals surface area contributed by atoms with Crippen LogP contribution in [0.25, 0.3) is 0 Å². The van der Waals surface area contributed by atoms with E-state index in [9.17, 15) is 13.6 Å². The maximum Gasteiger partial charge on any atom is 0.266 e. The predicted molar refractivity (Wildman–Crippen MR) is 121 cm³/mol. The lowest BCUT2D eigenvalue weighted by atomic mass is 10.2. The second-order valence-corrected chi connectivity index (χ2v) is 8.50. The molecule has 0 fully saturated rings. The molecule has 1 amide bonds. The van der Waals surface area contributed by atoms with Gasteiger partial charge < -0.3 is 10.1 Å². The molecule has 4 aromatic rings. The number of aromatic nitrogens is 2. The molecule has 0 saturated carbocycles. The van der Waals surface area contributed by atoms with Crippen LogP contribution in [0, 0.1) is 11.6 Å². The van der Waals surface area contributed by atoms with Crippen molar-refractivity contribution in [1.82, 2.24) is 9.78 Å². The Hall–Kier alpha value is -2.94. The van der Waals surface area contributed by atoms with Gasteiger partial charge in [0.05, 0.1) is 11.4 Å². The van der Waals surface area contributed by atoms with Crippen LogP contribution < -0.4 is 10.1 Å². The van der Waals surface area contributed by atoms with E-state index >= 15 is 0 Å². The molecule has 0 spiro atoms. The van der Waals surface area contributed by atoms with Crippen LogP contribution in [0.3, 0.4) is 0 Å². The Morgan fingerprint density at radius 1 is 1.06 bits per heavy atom. The van der Waals surface area contributed by atoms with Gasteiger partial charge in [-0.15, -0.1) is 11.3 Å². The molecule has 0 radical (unpaired) electrons. The van der Waals surface area contributed by atoms with Gasteiger partial charge in [-0.05, 0) is 53.4 Å². The molecule has 164 valence electrons. The highest BCUT2D eigenvalue weighted by atomic mass is 35.5. The summed E-state index contributed by atoms with van der Waals surface area (Å²) in [4.78, 5) is 13.1. The Labute approximate surface area is 196 Å². The van der Waals surface area contributed by atoms with E-state index in [0.29, 0.717) is 16.2 Å². The monoisotopic (exact) mass is 493 g/mol. The van der Waals surface area contributed by atoms with Crippen LogP contribution in [0.4, 0.5) is 14.6 Å². The average Bonchev–Trinajstić information content (AvgIpc) is 3.36. The highest BCUT2D eigenvalue weighted by Gasteiger charge is 2.15. The van der Waals surface area contributed by atoms with Gasteiger partial charge in [-0.2, -0.15) is 5.10 Å². The summed E-state index contributed by atoms with van der Waals surface area (Å²) in [5.41, 5.74) is 1.46. The highest BCUT2D eigenvalue weighted by Crippen LogP contribution is 2.25. The lowest BCUT2D eigenvalue weighted by Crippen LogP contribution is -2.12. The van der Waals surface area contributed by atoms with E-state index in [2.05, 4.69) is 10.4 Å². The lowest BCUT2D eigenvalue weighted by Gasteiger charge is -2.05. The molecule has 32 heavy (non-hydrogen) atoms. The normalized spacial score (nSPS) is 10.9. The Morgan fingerprint density at radius 2 is 1.81 bits per heavy atom. The van der Waals surface area contributed by atoms with Gasteiger partial charge in [-0.1, -0.05) is 29.3 Å². The second kappa shape index (κ2) is 9.68. The van der Waals surface area contributed by atoms with E-state index < -0.39 is 5.82 Å². The number of hydrogen-bond donors (Lipinski definition) is 1. The highest BCUT2D eigenvalue weighted by molar-refractivity contribution is 7.12. The maximum absolute atomic E-state index is 13.2. The van der Waals surface area contributed by atoms with Crippen LogP contribution >= 0.6 is 34.5 Å². The first-order valence-corrected chi connectivity index (χ1v) is 10.9. The second-order valence-electron chi connectivity index (χ2n) is 6.77. The van der Waals surface area contributed by atoms with Crippen molar-refractivity contribution in [2.75, 3.05) is 5.32 Å². The summed E-state index contributed by atoms with van der Waals surface area (Å²) in [6, 6.07) is 11.5. The topological polar surface area (TPSA) is 56.2 Å². The van der Waals surface area contributed by atoms with Crippen molar-refractivity contribution in [3.8, 4) is 5.75 Å². The molecule has 2 heterocycles. The summed E-state index contributed by atoms with van der Waals surface area (Å²) < 4.78 is 33.3. The SMILES string of the molecule is O=C(Nc1nn(Cc2ccc(F)cc2Cl)cc1Cl)c1cc(COc2ccc(F)cc2)cs1. The van der Waals surface area contributed by atoms with E-state index in [1.54, 1.807) is 23.7 Å². The number of nitrogens with one attached hydrogen (secondary N) is 1. The molecular formula is C22H15Cl2F2N3O2S. The molecular weight excluding hydrogens is 479 g/mol. The molecule has 0 bridgehead atoms. The molecule has 1 N–H and O–H groups in total. The molecule has 2 aromatic heterocycles. The Kier molecular flexibility index (Phi) is 6.74. The number of carbonyl (C=O) groups excluding carboxylic acids is 1. The van der Waals surface area contributed by atoms with Crippen molar-refractivity contribution in [3.05, 3.63) is 97.8 Å². The fourth-order valence-electron chi connectivity index (χ4n) is 2.82. The minimum atomic E-state index is -0.427. The molecule has 0 aliphatic rings. The van der Waals surface area contributed by atoms with Gasteiger partial charge in [-0.3, -0.25) is 9.48 Å². The number of hydrogen-bond acceptors (Lipinski definition) is 4. The summed E-state index contributed by atoms with van der Waals surface area (Å²) in [6.07, 6.45) is 1.55. The number of halogens is 4. The number of thiophene rings is 1. The zero-order chi connectivity index (χ0) is 22.7. The fraction of sp³-hybridized carbons (Fsp3) is 0.0909.